The second-order valence-electron chi connectivity index (χ2n) is 2.97. The molecule has 0 fully saturated rings. The molecular weight excluding hydrogens is 194 g/mol. The molecule has 0 unspecified atom stereocenters. The highest BCUT2D eigenvalue weighted by molar-refractivity contribution is 7.78. The van der Waals surface area contributed by atoms with E-state index in [9.17, 15) is 0 Å². The van der Waals surface area contributed by atoms with Crippen LogP contribution in [0.1, 0.15) is 12.8 Å². The highest BCUT2D eigenvalue weighted by atomic mass is 32.1. The first-order valence-electron chi connectivity index (χ1n) is 4.38. The monoisotopic (exact) mass is 203 g/mol. The van der Waals surface area contributed by atoms with Gasteiger partial charge in [0.05, 0.1) is 10.9 Å². The predicted octanol–water partition coefficient (Wildman–Crippen LogP) is 2.50. The van der Waals surface area contributed by atoms with Crippen molar-refractivity contribution in [2.24, 2.45) is 4.99 Å². The molecule has 2 rings (SSSR count). The van der Waals surface area contributed by atoms with Crippen LogP contribution in [0.3, 0.4) is 0 Å². The first kappa shape index (κ1) is 9.06. The first-order valence-corrected chi connectivity index (χ1v) is 4.78. The van der Waals surface area contributed by atoms with E-state index in [1.165, 1.54) is 5.70 Å². The number of hydrogen-bond acceptors (Lipinski definition) is 3. The third-order valence-electron chi connectivity index (χ3n) is 2.09. The average molecular weight is 203 g/mol. The van der Waals surface area contributed by atoms with E-state index in [1.54, 1.807) is 6.20 Å². The predicted molar refractivity (Wildman–Crippen MR) is 58.8 cm³/mol. The summed E-state index contributed by atoms with van der Waals surface area (Å²) in [5.74, 6) is 0. The van der Waals surface area contributed by atoms with Crippen molar-refractivity contribution in [2.45, 2.75) is 12.8 Å². The summed E-state index contributed by atoms with van der Waals surface area (Å²) >= 11 is 4.55. The van der Waals surface area contributed by atoms with E-state index in [0.29, 0.717) is 0 Å². The zero-order chi connectivity index (χ0) is 9.80. The number of isothiocyanates is 1. The minimum absolute atomic E-state index is 0.898. The van der Waals surface area contributed by atoms with Crippen LogP contribution in [-0.2, 0) is 0 Å². The number of aromatic nitrogens is 2. The fraction of sp³-hybridized carbons (Fsp3) is 0.200. The quantitative estimate of drug-likeness (QED) is 0.546. The van der Waals surface area contributed by atoms with Crippen molar-refractivity contribution < 1.29 is 0 Å². The van der Waals surface area contributed by atoms with Crippen LogP contribution in [0, 0.1) is 0 Å². The van der Waals surface area contributed by atoms with Gasteiger partial charge in [-0.25, -0.2) is 4.68 Å². The lowest BCUT2D eigenvalue weighted by Crippen LogP contribution is -2.00. The van der Waals surface area contributed by atoms with Gasteiger partial charge in [-0.3, -0.25) is 0 Å². The fourth-order valence-corrected chi connectivity index (χ4v) is 1.51. The standard InChI is InChI=1S/C10H9N3S/c14-8-11-9-2-4-10(5-3-9)13-7-1-6-12-13/h1-2,4,6-7H,3,5H2. The molecule has 0 aliphatic heterocycles. The Bertz CT molecular complexity index is 422. The number of thiocarbonyl (C=S) groups is 1. The lowest BCUT2D eigenvalue weighted by Gasteiger charge is -2.10. The average Bonchev–Trinajstić information content (AvgIpc) is 2.72. The van der Waals surface area contributed by atoms with Crippen molar-refractivity contribution in [3.63, 3.8) is 0 Å². The van der Waals surface area contributed by atoms with Crippen LogP contribution in [0.4, 0.5) is 0 Å². The van der Waals surface area contributed by atoms with Crippen molar-refractivity contribution in [1.82, 2.24) is 9.78 Å². The van der Waals surface area contributed by atoms with Gasteiger partial charge < -0.3 is 0 Å². The van der Waals surface area contributed by atoms with Gasteiger partial charge in [0, 0.05) is 18.1 Å². The first-order chi connectivity index (χ1) is 6.90. The molecule has 1 heterocycles. The molecule has 1 aliphatic carbocycles. The third-order valence-corrected chi connectivity index (χ3v) is 2.18. The van der Waals surface area contributed by atoms with Crippen molar-refractivity contribution >= 4 is 23.1 Å². The maximum atomic E-state index is 4.55. The molecule has 0 amide bonds. The largest absolute Gasteiger partial charge is 0.245 e. The maximum absolute atomic E-state index is 4.55. The Morgan fingerprint density at radius 2 is 2.36 bits per heavy atom. The van der Waals surface area contributed by atoms with E-state index in [1.807, 2.05) is 29.1 Å². The Morgan fingerprint density at radius 3 is 2.93 bits per heavy atom. The lowest BCUT2D eigenvalue weighted by atomic mass is 10.1. The molecule has 1 aromatic rings. The van der Waals surface area contributed by atoms with Gasteiger partial charge in [-0.2, -0.15) is 10.1 Å². The summed E-state index contributed by atoms with van der Waals surface area (Å²) in [6.07, 6.45) is 9.52. The van der Waals surface area contributed by atoms with Gasteiger partial charge in [-0.15, -0.1) is 0 Å². The number of rotatable bonds is 2. The van der Waals surface area contributed by atoms with E-state index in [4.69, 9.17) is 0 Å². The third kappa shape index (κ3) is 1.87. The topological polar surface area (TPSA) is 30.2 Å². The molecule has 4 heteroatoms. The summed E-state index contributed by atoms with van der Waals surface area (Å²) in [5.41, 5.74) is 2.16. The molecule has 3 nitrogen and oxygen atoms in total. The van der Waals surface area contributed by atoms with Crippen LogP contribution in [-0.4, -0.2) is 14.9 Å². The normalized spacial score (nSPS) is 15.4. The van der Waals surface area contributed by atoms with E-state index in [0.717, 1.165) is 18.5 Å². The number of allylic oxidation sites excluding steroid dienone is 4. The SMILES string of the molecule is S=C=NC1=CC=C(n2cccn2)CC1. The molecule has 14 heavy (non-hydrogen) atoms. The van der Waals surface area contributed by atoms with E-state index < -0.39 is 0 Å². The van der Waals surface area contributed by atoms with Gasteiger partial charge in [-0.1, -0.05) is 0 Å². The van der Waals surface area contributed by atoms with Gasteiger partial charge in [0.2, 0.25) is 0 Å². The molecule has 1 aromatic heterocycles. The smallest absolute Gasteiger partial charge is 0.0637 e. The van der Waals surface area contributed by atoms with Gasteiger partial charge in [0.25, 0.3) is 0 Å². The van der Waals surface area contributed by atoms with Crippen LogP contribution >= 0.6 is 12.2 Å². The van der Waals surface area contributed by atoms with Crippen molar-refractivity contribution in [3.05, 3.63) is 36.3 Å². The summed E-state index contributed by atoms with van der Waals surface area (Å²) in [6, 6.07) is 1.91. The molecule has 0 saturated carbocycles. The summed E-state index contributed by atoms with van der Waals surface area (Å²) in [5, 5.41) is 6.54. The summed E-state index contributed by atoms with van der Waals surface area (Å²) in [7, 11) is 0. The summed E-state index contributed by atoms with van der Waals surface area (Å²) in [4.78, 5) is 3.95. The van der Waals surface area contributed by atoms with Gasteiger partial charge >= 0.3 is 0 Å². The zero-order valence-electron chi connectivity index (χ0n) is 7.55. The minimum Gasteiger partial charge on any atom is -0.245 e. The maximum Gasteiger partial charge on any atom is 0.0637 e. The molecule has 0 bridgehead atoms. The van der Waals surface area contributed by atoms with Crippen LogP contribution in [0.15, 0.2) is 41.3 Å². The molecule has 0 radical (unpaired) electrons. The zero-order valence-corrected chi connectivity index (χ0v) is 8.37. The summed E-state index contributed by atoms with van der Waals surface area (Å²) in [6.45, 7) is 0. The van der Waals surface area contributed by atoms with Crippen LogP contribution in [0.5, 0.6) is 0 Å². The molecular formula is C10H9N3S. The van der Waals surface area contributed by atoms with E-state index in [2.05, 4.69) is 27.5 Å². The molecule has 0 N–H and O–H groups in total. The molecule has 0 spiro atoms. The molecule has 0 atom stereocenters. The van der Waals surface area contributed by atoms with Crippen LogP contribution < -0.4 is 0 Å². The molecule has 0 aromatic carbocycles. The van der Waals surface area contributed by atoms with Gasteiger partial charge in [0.15, 0.2) is 0 Å². The van der Waals surface area contributed by atoms with Crippen LogP contribution in [0.2, 0.25) is 0 Å². The number of nitrogens with zero attached hydrogens (tertiary/aromatic N) is 3. The van der Waals surface area contributed by atoms with Gasteiger partial charge in [0.1, 0.15) is 0 Å². The Morgan fingerprint density at radius 1 is 1.43 bits per heavy atom. The minimum atomic E-state index is 0.898. The van der Waals surface area contributed by atoms with Crippen molar-refractivity contribution in [3.8, 4) is 0 Å². The second-order valence-corrected chi connectivity index (χ2v) is 3.15. The van der Waals surface area contributed by atoms with E-state index in [-0.39, 0.29) is 0 Å². The number of hydrogen-bond donors (Lipinski definition) is 0. The lowest BCUT2D eigenvalue weighted by molar-refractivity contribution is 0.820. The van der Waals surface area contributed by atoms with Crippen LogP contribution in [0.25, 0.3) is 5.70 Å². The molecule has 1 aliphatic rings. The highest BCUT2D eigenvalue weighted by Crippen LogP contribution is 2.21. The van der Waals surface area contributed by atoms with E-state index >= 15 is 0 Å². The Hall–Kier alpha value is -1.51. The molecule has 0 saturated heterocycles. The summed E-state index contributed by atoms with van der Waals surface area (Å²) < 4.78 is 1.87. The van der Waals surface area contributed by atoms with Crippen molar-refractivity contribution in [2.75, 3.05) is 0 Å². The van der Waals surface area contributed by atoms with Crippen molar-refractivity contribution in [1.29, 1.82) is 0 Å². The molecule has 70 valence electrons. The van der Waals surface area contributed by atoms with Gasteiger partial charge in [-0.05, 0) is 43.3 Å². The fourth-order valence-electron chi connectivity index (χ4n) is 1.40. The number of aliphatic imine (C=N–C) groups is 1. The highest BCUT2D eigenvalue weighted by Gasteiger charge is 2.06. The Kier molecular flexibility index (Phi) is 2.68. The second kappa shape index (κ2) is 4.13. The Balaban J connectivity index is 2.22. The Labute approximate surface area is 87.5 Å².